The minimum Gasteiger partial charge on any atom is -0.304 e. The van der Waals surface area contributed by atoms with Crippen LogP contribution in [0, 0.1) is 0 Å². The molecule has 2 heterocycles. The molecule has 106 valence electrons. The van der Waals surface area contributed by atoms with E-state index in [9.17, 15) is 9.59 Å². The lowest BCUT2D eigenvalue weighted by atomic mass is 9.98. The van der Waals surface area contributed by atoms with Crippen molar-refractivity contribution in [2.45, 2.75) is 45.2 Å². The van der Waals surface area contributed by atoms with Crippen molar-refractivity contribution in [2.24, 2.45) is 0 Å². The maximum atomic E-state index is 12.4. The van der Waals surface area contributed by atoms with E-state index in [2.05, 4.69) is 23.9 Å². The number of aromatic amines is 1. The molecule has 1 fully saturated rings. The number of rotatable bonds is 2. The summed E-state index contributed by atoms with van der Waals surface area (Å²) in [5.74, 6) is 0. The normalized spacial score (nSPS) is 24.6. The molecule has 5 nitrogen and oxygen atoms in total. The second-order valence-electron chi connectivity index (χ2n) is 5.26. The summed E-state index contributed by atoms with van der Waals surface area (Å²) >= 11 is 5.92. The third-order valence-electron chi connectivity index (χ3n) is 4.08. The lowest BCUT2D eigenvalue weighted by molar-refractivity contribution is 0.152. The Hall–Kier alpha value is -1.07. The van der Waals surface area contributed by atoms with E-state index < -0.39 is 5.69 Å². The Kier molecular flexibility index (Phi) is 4.16. The Morgan fingerprint density at radius 3 is 2.68 bits per heavy atom. The van der Waals surface area contributed by atoms with Crippen LogP contribution in [0.1, 0.15) is 38.3 Å². The molecule has 19 heavy (non-hydrogen) atoms. The predicted molar refractivity (Wildman–Crippen MR) is 76.1 cm³/mol. The summed E-state index contributed by atoms with van der Waals surface area (Å²) in [6, 6.07) is 0.329. The van der Waals surface area contributed by atoms with Crippen LogP contribution in [-0.2, 0) is 6.42 Å². The van der Waals surface area contributed by atoms with Crippen LogP contribution in [0.25, 0.3) is 0 Å². The average Bonchev–Trinajstić information content (AvgIpc) is 2.33. The summed E-state index contributed by atoms with van der Waals surface area (Å²) in [4.78, 5) is 29.2. The van der Waals surface area contributed by atoms with Gasteiger partial charge in [0.2, 0.25) is 0 Å². The molecule has 2 unspecified atom stereocenters. The maximum absolute atomic E-state index is 12.4. The molecule has 1 aromatic heterocycles. The maximum Gasteiger partial charge on any atom is 0.329 e. The van der Waals surface area contributed by atoms with Gasteiger partial charge in [0.15, 0.2) is 0 Å². The van der Waals surface area contributed by atoms with Gasteiger partial charge in [-0.3, -0.25) is 14.3 Å². The zero-order chi connectivity index (χ0) is 14.2. The van der Waals surface area contributed by atoms with Crippen LogP contribution in [0.4, 0.5) is 0 Å². The van der Waals surface area contributed by atoms with Gasteiger partial charge in [-0.2, -0.15) is 0 Å². The molecule has 0 bridgehead atoms. The third kappa shape index (κ3) is 2.62. The first-order chi connectivity index (χ1) is 8.95. The van der Waals surface area contributed by atoms with Crippen molar-refractivity contribution in [3.8, 4) is 0 Å². The molecule has 2 rings (SSSR count). The molecule has 0 radical (unpaired) electrons. The highest BCUT2D eigenvalue weighted by atomic mass is 35.5. The van der Waals surface area contributed by atoms with Crippen LogP contribution in [0.3, 0.4) is 0 Å². The van der Waals surface area contributed by atoms with E-state index in [1.54, 1.807) is 0 Å². The van der Waals surface area contributed by atoms with E-state index >= 15 is 0 Å². The first-order valence-electron chi connectivity index (χ1n) is 6.69. The molecule has 6 heteroatoms. The highest BCUT2D eigenvalue weighted by Crippen LogP contribution is 2.24. The van der Waals surface area contributed by atoms with Gasteiger partial charge in [-0.1, -0.05) is 18.5 Å². The fourth-order valence-electron chi connectivity index (χ4n) is 2.70. The highest BCUT2D eigenvalue weighted by Gasteiger charge is 2.27. The van der Waals surface area contributed by atoms with Gasteiger partial charge in [0.25, 0.3) is 5.56 Å². The Balaban J connectivity index is 2.46. The van der Waals surface area contributed by atoms with E-state index in [1.165, 1.54) is 4.57 Å². The minimum absolute atomic E-state index is 0.0370. The van der Waals surface area contributed by atoms with E-state index in [0.29, 0.717) is 18.0 Å². The molecule has 1 aromatic rings. The minimum atomic E-state index is -0.394. The standard InChI is InChI=1S/C13H20ClN3O2/c1-4-10-11(14)15-13(19)17(12(10)18)9-5-6-16(3)8(2)7-9/h8-9H,4-7H2,1-3H3,(H,15,19). The molecule has 1 aliphatic heterocycles. The van der Waals surface area contributed by atoms with Crippen molar-refractivity contribution in [2.75, 3.05) is 13.6 Å². The first kappa shape index (κ1) is 14.3. The van der Waals surface area contributed by atoms with Crippen LogP contribution in [0.2, 0.25) is 5.15 Å². The molecule has 1 saturated heterocycles. The van der Waals surface area contributed by atoms with Gasteiger partial charge in [0.05, 0.1) is 5.56 Å². The van der Waals surface area contributed by atoms with Gasteiger partial charge in [-0.05, 0) is 33.2 Å². The fraction of sp³-hybridized carbons (Fsp3) is 0.692. The highest BCUT2D eigenvalue weighted by molar-refractivity contribution is 6.30. The van der Waals surface area contributed by atoms with Gasteiger partial charge in [0.1, 0.15) is 5.15 Å². The van der Waals surface area contributed by atoms with E-state index in [-0.39, 0.29) is 16.8 Å². The Labute approximate surface area is 117 Å². The molecule has 1 aliphatic rings. The SMILES string of the molecule is CCc1c(Cl)[nH]c(=O)n(C2CCN(C)C(C)C2)c1=O. The van der Waals surface area contributed by atoms with E-state index in [1.807, 2.05) is 6.92 Å². The molecule has 1 N–H and O–H groups in total. The Morgan fingerprint density at radius 1 is 1.42 bits per heavy atom. The summed E-state index contributed by atoms with van der Waals surface area (Å²) in [5, 5.41) is 0.176. The summed E-state index contributed by atoms with van der Waals surface area (Å²) in [7, 11) is 2.06. The summed E-state index contributed by atoms with van der Waals surface area (Å²) in [6.45, 7) is 4.87. The number of nitrogens with one attached hydrogen (secondary N) is 1. The lowest BCUT2D eigenvalue weighted by Gasteiger charge is -2.35. The smallest absolute Gasteiger partial charge is 0.304 e. The fourth-order valence-corrected chi connectivity index (χ4v) is 2.99. The van der Waals surface area contributed by atoms with Crippen LogP contribution in [0.15, 0.2) is 9.59 Å². The molecular formula is C13H20ClN3O2. The van der Waals surface area contributed by atoms with Crippen molar-refractivity contribution in [1.29, 1.82) is 0 Å². The monoisotopic (exact) mass is 285 g/mol. The van der Waals surface area contributed by atoms with Crippen molar-refractivity contribution in [3.05, 3.63) is 31.6 Å². The average molecular weight is 286 g/mol. The zero-order valence-electron chi connectivity index (χ0n) is 11.6. The Morgan fingerprint density at radius 2 is 2.11 bits per heavy atom. The zero-order valence-corrected chi connectivity index (χ0v) is 12.3. The molecule has 0 aliphatic carbocycles. The van der Waals surface area contributed by atoms with Crippen LogP contribution >= 0.6 is 11.6 Å². The predicted octanol–water partition coefficient (Wildman–Crippen LogP) is 1.41. The van der Waals surface area contributed by atoms with Gasteiger partial charge >= 0.3 is 5.69 Å². The second kappa shape index (κ2) is 5.51. The number of aromatic nitrogens is 2. The number of nitrogens with zero attached hydrogens (tertiary/aromatic N) is 2. The van der Waals surface area contributed by atoms with E-state index in [0.717, 1.165) is 19.4 Å². The third-order valence-corrected chi connectivity index (χ3v) is 4.40. The van der Waals surface area contributed by atoms with E-state index in [4.69, 9.17) is 11.6 Å². The molecule has 0 spiro atoms. The number of likely N-dealkylation sites (tertiary alicyclic amines) is 1. The summed E-state index contributed by atoms with van der Waals surface area (Å²) < 4.78 is 1.36. The molecular weight excluding hydrogens is 266 g/mol. The number of H-pyrrole nitrogens is 1. The number of hydrogen-bond acceptors (Lipinski definition) is 3. The van der Waals surface area contributed by atoms with Gasteiger partial charge in [0, 0.05) is 18.6 Å². The van der Waals surface area contributed by atoms with Crippen LogP contribution in [0.5, 0.6) is 0 Å². The topological polar surface area (TPSA) is 58.1 Å². The Bertz CT molecular complexity index is 578. The van der Waals surface area contributed by atoms with Gasteiger partial charge < -0.3 is 4.90 Å². The molecule has 0 aromatic carbocycles. The van der Waals surface area contributed by atoms with Crippen molar-refractivity contribution >= 4 is 11.6 Å². The summed E-state index contributed by atoms with van der Waals surface area (Å²) in [5.41, 5.74) is -0.139. The summed E-state index contributed by atoms with van der Waals surface area (Å²) in [6.07, 6.45) is 2.15. The van der Waals surface area contributed by atoms with Crippen LogP contribution < -0.4 is 11.2 Å². The van der Waals surface area contributed by atoms with Gasteiger partial charge in [-0.15, -0.1) is 0 Å². The quantitative estimate of drug-likeness (QED) is 0.836. The number of hydrogen-bond donors (Lipinski definition) is 1. The number of halogens is 1. The largest absolute Gasteiger partial charge is 0.329 e. The lowest BCUT2D eigenvalue weighted by Crippen LogP contribution is -2.46. The molecule has 2 atom stereocenters. The van der Waals surface area contributed by atoms with Crippen molar-refractivity contribution < 1.29 is 0 Å². The van der Waals surface area contributed by atoms with Crippen molar-refractivity contribution in [3.63, 3.8) is 0 Å². The van der Waals surface area contributed by atoms with Crippen molar-refractivity contribution in [1.82, 2.24) is 14.5 Å². The molecule has 0 saturated carbocycles. The molecule has 0 amide bonds. The second-order valence-corrected chi connectivity index (χ2v) is 5.64. The number of piperidine rings is 1. The first-order valence-corrected chi connectivity index (χ1v) is 7.07. The van der Waals surface area contributed by atoms with Crippen LogP contribution in [-0.4, -0.2) is 34.1 Å². The van der Waals surface area contributed by atoms with Gasteiger partial charge in [-0.25, -0.2) is 4.79 Å².